The van der Waals surface area contributed by atoms with E-state index in [9.17, 15) is 9.90 Å². The maximum Gasteiger partial charge on any atom is 0.0736 e. The molecule has 0 heterocycles. The quantitative estimate of drug-likeness (QED) is 0.843. The first kappa shape index (κ1) is 10.2. The van der Waals surface area contributed by atoms with Crippen molar-refractivity contribution in [1.82, 2.24) is 0 Å². The monoisotopic (exact) mass is 212 g/mol. The molecule has 0 spiro atoms. The van der Waals surface area contributed by atoms with Crippen molar-refractivity contribution in [3.05, 3.63) is 60.2 Å². The standard InChI is InChI=1S/C13H11NO2/c15-13(16)11-8-4-5-9-12(11)14-10-6-2-1-3-7-10/h1-9,14H,(H,15,16)/p-1. The SMILES string of the molecule is O=C([O-])c1ccccc1Nc1ccccc1. The van der Waals surface area contributed by atoms with Gasteiger partial charge in [-0.2, -0.15) is 0 Å². The number of benzene rings is 2. The molecule has 0 bridgehead atoms. The van der Waals surface area contributed by atoms with Crippen LogP contribution in [0.25, 0.3) is 0 Å². The van der Waals surface area contributed by atoms with Crippen LogP contribution in [0.4, 0.5) is 11.4 Å². The van der Waals surface area contributed by atoms with E-state index in [0.717, 1.165) is 5.69 Å². The zero-order chi connectivity index (χ0) is 11.4. The highest BCUT2D eigenvalue weighted by Crippen LogP contribution is 2.19. The highest BCUT2D eigenvalue weighted by molar-refractivity contribution is 5.93. The molecule has 80 valence electrons. The Kier molecular flexibility index (Phi) is 2.87. The van der Waals surface area contributed by atoms with Gasteiger partial charge in [0.1, 0.15) is 0 Å². The van der Waals surface area contributed by atoms with E-state index in [4.69, 9.17) is 0 Å². The molecule has 0 unspecified atom stereocenters. The Morgan fingerprint density at radius 2 is 1.56 bits per heavy atom. The molecule has 0 saturated heterocycles. The molecule has 2 rings (SSSR count). The largest absolute Gasteiger partial charge is 0.545 e. The van der Waals surface area contributed by atoms with Gasteiger partial charge < -0.3 is 15.2 Å². The van der Waals surface area contributed by atoms with Gasteiger partial charge in [-0.15, -0.1) is 0 Å². The molecule has 0 radical (unpaired) electrons. The number of carboxylic acid groups (broad SMARTS) is 1. The molecule has 0 atom stereocenters. The fraction of sp³-hybridized carbons (Fsp3) is 0. The molecule has 3 nitrogen and oxygen atoms in total. The summed E-state index contributed by atoms with van der Waals surface area (Å²) in [4.78, 5) is 10.9. The summed E-state index contributed by atoms with van der Waals surface area (Å²) in [7, 11) is 0. The Bertz CT molecular complexity index is 494. The first-order valence-electron chi connectivity index (χ1n) is 4.90. The van der Waals surface area contributed by atoms with Crippen LogP contribution in [0.2, 0.25) is 0 Å². The predicted octanol–water partition coefficient (Wildman–Crippen LogP) is 1.79. The number of carbonyl (C=O) groups excluding carboxylic acids is 1. The van der Waals surface area contributed by atoms with E-state index in [0.29, 0.717) is 5.69 Å². The number of hydrogen-bond donors (Lipinski definition) is 1. The molecule has 0 aromatic heterocycles. The first-order chi connectivity index (χ1) is 7.77. The number of para-hydroxylation sites is 2. The Balaban J connectivity index is 2.31. The lowest BCUT2D eigenvalue weighted by molar-refractivity contribution is -0.254. The minimum Gasteiger partial charge on any atom is -0.545 e. The van der Waals surface area contributed by atoms with Crippen LogP contribution in [0, 0.1) is 0 Å². The van der Waals surface area contributed by atoms with Crippen molar-refractivity contribution in [2.75, 3.05) is 5.32 Å². The number of rotatable bonds is 3. The van der Waals surface area contributed by atoms with Gasteiger partial charge in [0.15, 0.2) is 0 Å². The van der Waals surface area contributed by atoms with Gasteiger partial charge in [-0.3, -0.25) is 0 Å². The third kappa shape index (κ3) is 2.20. The Hall–Kier alpha value is -2.29. The third-order valence-electron chi connectivity index (χ3n) is 2.20. The van der Waals surface area contributed by atoms with Crippen molar-refractivity contribution in [2.45, 2.75) is 0 Å². The lowest BCUT2D eigenvalue weighted by Crippen LogP contribution is -2.23. The predicted molar refractivity (Wildman–Crippen MR) is 60.5 cm³/mol. The number of aromatic carboxylic acids is 1. The topological polar surface area (TPSA) is 52.2 Å². The molecule has 0 amide bonds. The molecule has 16 heavy (non-hydrogen) atoms. The molecular formula is C13H10NO2-. The molecule has 3 heteroatoms. The van der Waals surface area contributed by atoms with E-state index in [-0.39, 0.29) is 5.56 Å². The number of nitrogens with one attached hydrogen (secondary N) is 1. The summed E-state index contributed by atoms with van der Waals surface area (Å²) < 4.78 is 0. The number of hydrogen-bond acceptors (Lipinski definition) is 3. The summed E-state index contributed by atoms with van der Waals surface area (Å²) in [6.07, 6.45) is 0. The Labute approximate surface area is 93.4 Å². The molecule has 2 aromatic rings. The summed E-state index contributed by atoms with van der Waals surface area (Å²) in [5.41, 5.74) is 1.54. The molecule has 0 saturated carbocycles. The summed E-state index contributed by atoms with van der Waals surface area (Å²) in [6, 6.07) is 16.1. The van der Waals surface area contributed by atoms with Crippen LogP contribution >= 0.6 is 0 Å². The van der Waals surface area contributed by atoms with Gasteiger partial charge in [-0.1, -0.05) is 36.4 Å². The van der Waals surface area contributed by atoms with Crippen molar-refractivity contribution in [3.8, 4) is 0 Å². The molecule has 2 aromatic carbocycles. The minimum absolute atomic E-state index is 0.159. The number of carboxylic acids is 1. The van der Waals surface area contributed by atoms with Gasteiger partial charge in [0.05, 0.1) is 5.97 Å². The van der Waals surface area contributed by atoms with Crippen LogP contribution in [0.5, 0.6) is 0 Å². The highest BCUT2D eigenvalue weighted by Gasteiger charge is 2.01. The summed E-state index contributed by atoms with van der Waals surface area (Å²) in [5, 5.41) is 13.9. The molecule has 0 aliphatic heterocycles. The van der Waals surface area contributed by atoms with Crippen LogP contribution in [-0.4, -0.2) is 5.97 Å². The normalized spacial score (nSPS) is 9.75. The second-order valence-electron chi connectivity index (χ2n) is 3.32. The zero-order valence-electron chi connectivity index (χ0n) is 8.51. The lowest BCUT2D eigenvalue weighted by atomic mass is 10.1. The lowest BCUT2D eigenvalue weighted by Gasteiger charge is -2.12. The molecule has 1 N–H and O–H groups in total. The average molecular weight is 212 g/mol. The first-order valence-corrected chi connectivity index (χ1v) is 4.90. The Morgan fingerprint density at radius 1 is 0.938 bits per heavy atom. The maximum absolute atomic E-state index is 10.9. The molecule has 0 aliphatic carbocycles. The fourth-order valence-electron chi connectivity index (χ4n) is 1.45. The highest BCUT2D eigenvalue weighted by atomic mass is 16.4. The van der Waals surface area contributed by atoms with Crippen molar-refractivity contribution in [2.24, 2.45) is 0 Å². The summed E-state index contributed by atoms with van der Waals surface area (Å²) >= 11 is 0. The number of anilines is 2. The molecule has 0 fully saturated rings. The van der Waals surface area contributed by atoms with Crippen molar-refractivity contribution in [3.63, 3.8) is 0 Å². The van der Waals surface area contributed by atoms with Crippen LogP contribution in [0.1, 0.15) is 10.4 Å². The Morgan fingerprint density at radius 3 is 2.25 bits per heavy atom. The second kappa shape index (κ2) is 4.49. The molecular weight excluding hydrogens is 202 g/mol. The van der Waals surface area contributed by atoms with Gasteiger partial charge in [0.25, 0.3) is 0 Å². The van der Waals surface area contributed by atoms with E-state index in [1.807, 2.05) is 30.3 Å². The number of carbonyl (C=O) groups is 1. The van der Waals surface area contributed by atoms with Crippen LogP contribution in [0.15, 0.2) is 54.6 Å². The molecule has 0 aliphatic rings. The zero-order valence-corrected chi connectivity index (χ0v) is 8.51. The third-order valence-corrected chi connectivity index (χ3v) is 2.20. The smallest absolute Gasteiger partial charge is 0.0736 e. The van der Waals surface area contributed by atoms with Gasteiger partial charge >= 0.3 is 0 Å². The second-order valence-corrected chi connectivity index (χ2v) is 3.32. The van der Waals surface area contributed by atoms with Gasteiger partial charge in [-0.25, -0.2) is 0 Å². The van der Waals surface area contributed by atoms with E-state index >= 15 is 0 Å². The van der Waals surface area contributed by atoms with Crippen LogP contribution in [0.3, 0.4) is 0 Å². The van der Waals surface area contributed by atoms with E-state index < -0.39 is 5.97 Å². The van der Waals surface area contributed by atoms with E-state index in [2.05, 4.69) is 5.32 Å². The van der Waals surface area contributed by atoms with Gasteiger partial charge in [0.2, 0.25) is 0 Å². The van der Waals surface area contributed by atoms with Crippen molar-refractivity contribution < 1.29 is 9.90 Å². The van der Waals surface area contributed by atoms with Crippen LogP contribution < -0.4 is 10.4 Å². The summed E-state index contributed by atoms with van der Waals surface area (Å²) in [5.74, 6) is -1.18. The average Bonchev–Trinajstić information content (AvgIpc) is 2.31. The summed E-state index contributed by atoms with van der Waals surface area (Å²) in [6.45, 7) is 0. The van der Waals surface area contributed by atoms with Gasteiger partial charge in [0, 0.05) is 16.9 Å². The fourth-order valence-corrected chi connectivity index (χ4v) is 1.45. The van der Waals surface area contributed by atoms with E-state index in [1.54, 1.807) is 18.2 Å². The van der Waals surface area contributed by atoms with Crippen LogP contribution in [-0.2, 0) is 0 Å². The van der Waals surface area contributed by atoms with E-state index in [1.165, 1.54) is 6.07 Å². The minimum atomic E-state index is -1.18. The van der Waals surface area contributed by atoms with Crippen molar-refractivity contribution >= 4 is 17.3 Å². The maximum atomic E-state index is 10.9. The van der Waals surface area contributed by atoms with Crippen molar-refractivity contribution in [1.29, 1.82) is 0 Å². The van der Waals surface area contributed by atoms with Gasteiger partial charge in [-0.05, 0) is 18.2 Å².